The van der Waals surface area contributed by atoms with Crippen molar-refractivity contribution in [3.05, 3.63) is 124 Å². The molecule has 0 aromatic heterocycles. The van der Waals surface area contributed by atoms with Crippen LogP contribution in [-0.4, -0.2) is 6.54 Å². The minimum absolute atomic E-state index is 0.375. The van der Waals surface area contributed by atoms with Gasteiger partial charge in [0.05, 0.1) is 6.54 Å². The van der Waals surface area contributed by atoms with Crippen molar-refractivity contribution in [1.29, 1.82) is 0 Å². The Morgan fingerprint density at radius 2 is 0.974 bits per heavy atom. The normalized spacial score (nSPS) is 28.7. The van der Waals surface area contributed by atoms with Crippen molar-refractivity contribution in [2.24, 2.45) is 5.18 Å². The monoisotopic (exact) mass is 523 g/mol. The zero-order chi connectivity index (χ0) is 27.2. The van der Waals surface area contributed by atoms with Crippen molar-refractivity contribution in [3.8, 4) is 0 Å². The Kier molecular flexibility index (Phi) is 15.6. The summed E-state index contributed by atoms with van der Waals surface area (Å²) in [4.78, 5) is 10.8. The molecule has 3 rings (SSSR count). The van der Waals surface area contributed by atoms with Crippen LogP contribution in [0.25, 0.3) is 0 Å². The molecule has 0 fully saturated rings. The third-order valence-corrected chi connectivity index (χ3v) is 7.80. The SMILES string of the molecule is O=NCCCC1=C2\C=C/C=C\C(=C3/C=C/C=C\C(=C/C=C/C=C/C=C1)CCCCCCC3)CCCCCCC2. The first kappa shape index (κ1) is 30.5. The zero-order valence-electron chi connectivity index (χ0n) is 24.0. The summed E-state index contributed by atoms with van der Waals surface area (Å²) in [6, 6.07) is 0. The molecule has 3 aliphatic rings. The quantitative estimate of drug-likeness (QED) is 0.266. The van der Waals surface area contributed by atoms with Crippen molar-refractivity contribution >= 4 is 0 Å². The largest absolute Gasteiger partial charge is 0.151 e. The summed E-state index contributed by atoms with van der Waals surface area (Å²) in [5.74, 6) is 0. The summed E-state index contributed by atoms with van der Waals surface area (Å²) >= 11 is 0. The van der Waals surface area contributed by atoms with E-state index in [1.807, 2.05) is 0 Å². The van der Waals surface area contributed by atoms with E-state index in [1.54, 1.807) is 0 Å². The lowest BCUT2D eigenvalue weighted by Gasteiger charge is -2.10. The summed E-state index contributed by atoms with van der Waals surface area (Å²) in [6.45, 7) is 0.375. The average molecular weight is 524 g/mol. The molecule has 0 spiro atoms. The fourth-order valence-electron chi connectivity index (χ4n) is 5.53. The van der Waals surface area contributed by atoms with Crippen molar-refractivity contribution in [2.45, 2.75) is 103 Å². The van der Waals surface area contributed by atoms with Gasteiger partial charge in [0.2, 0.25) is 0 Å². The summed E-state index contributed by atoms with van der Waals surface area (Å²) in [5, 5.41) is 3.10. The molecular formula is C37H49NO. The Bertz CT molecular complexity index is 1050. The van der Waals surface area contributed by atoms with E-state index in [0.29, 0.717) is 6.54 Å². The van der Waals surface area contributed by atoms with Gasteiger partial charge in [0, 0.05) is 0 Å². The minimum atomic E-state index is 0.375. The average Bonchev–Trinajstić information content (AvgIpc) is 2.98. The molecule has 0 heterocycles. The molecule has 0 amide bonds. The highest BCUT2D eigenvalue weighted by molar-refractivity contribution is 5.40. The topological polar surface area (TPSA) is 29.4 Å². The van der Waals surface area contributed by atoms with E-state index in [9.17, 15) is 4.91 Å². The Labute approximate surface area is 238 Å². The maximum atomic E-state index is 10.8. The molecule has 208 valence electrons. The first-order chi connectivity index (χ1) is 19.4. The Hall–Kier alpha value is -3.00. The first-order valence-electron chi connectivity index (χ1n) is 15.5. The minimum Gasteiger partial charge on any atom is -0.151 e. The molecule has 2 heteroatoms. The Morgan fingerprint density at radius 3 is 1.64 bits per heavy atom. The second-order valence-corrected chi connectivity index (χ2v) is 10.9. The van der Waals surface area contributed by atoms with Gasteiger partial charge in [-0.15, -0.1) is 0 Å². The van der Waals surface area contributed by atoms with Crippen LogP contribution < -0.4 is 0 Å². The molecule has 0 aromatic carbocycles. The van der Waals surface area contributed by atoms with Gasteiger partial charge in [-0.3, -0.25) is 0 Å². The molecular weight excluding hydrogens is 474 g/mol. The number of nitroso groups, excluding NO2 is 1. The van der Waals surface area contributed by atoms with Gasteiger partial charge < -0.3 is 0 Å². The van der Waals surface area contributed by atoms with Crippen LogP contribution in [0.1, 0.15) is 103 Å². The van der Waals surface area contributed by atoms with Crippen LogP contribution in [0.5, 0.6) is 0 Å². The van der Waals surface area contributed by atoms with E-state index >= 15 is 0 Å². The number of rotatable bonds is 4. The van der Waals surface area contributed by atoms with Gasteiger partial charge in [0.25, 0.3) is 0 Å². The van der Waals surface area contributed by atoms with Crippen molar-refractivity contribution in [2.75, 3.05) is 6.54 Å². The fraction of sp³-hybridized carbons (Fsp3) is 0.459. The number of fused-ring (bicyclic) bond motifs is 6. The van der Waals surface area contributed by atoms with Crippen molar-refractivity contribution in [1.82, 2.24) is 0 Å². The molecule has 0 aliphatic heterocycles. The van der Waals surface area contributed by atoms with E-state index < -0.39 is 0 Å². The summed E-state index contributed by atoms with van der Waals surface area (Å²) < 4.78 is 0. The number of hydrogen-bond acceptors (Lipinski definition) is 2. The number of hydrogen-bond donors (Lipinski definition) is 0. The van der Waals surface area contributed by atoms with E-state index in [4.69, 9.17) is 0 Å². The van der Waals surface area contributed by atoms with Crippen LogP contribution in [0.4, 0.5) is 0 Å². The predicted octanol–water partition coefficient (Wildman–Crippen LogP) is 11.4. The maximum Gasteiger partial charge on any atom is 0.0814 e. The lowest BCUT2D eigenvalue weighted by atomic mass is 9.95. The van der Waals surface area contributed by atoms with Crippen LogP contribution in [0.2, 0.25) is 0 Å². The summed E-state index contributed by atoms with van der Waals surface area (Å²) in [6.07, 6.45) is 52.5. The maximum absolute atomic E-state index is 10.8. The third-order valence-electron chi connectivity index (χ3n) is 7.80. The number of nitrogens with zero attached hydrogens (tertiary/aromatic N) is 1. The zero-order valence-corrected chi connectivity index (χ0v) is 24.0. The molecule has 2 nitrogen and oxygen atoms in total. The second-order valence-electron chi connectivity index (χ2n) is 10.9. The molecule has 0 aromatic rings. The Balaban J connectivity index is 2.06. The van der Waals surface area contributed by atoms with E-state index in [-0.39, 0.29) is 0 Å². The fourth-order valence-corrected chi connectivity index (χ4v) is 5.53. The lowest BCUT2D eigenvalue weighted by Crippen LogP contribution is -1.92. The van der Waals surface area contributed by atoms with Gasteiger partial charge in [-0.05, 0) is 92.1 Å². The van der Waals surface area contributed by atoms with E-state index in [2.05, 4.69) is 96.3 Å². The van der Waals surface area contributed by atoms with Gasteiger partial charge in [0.1, 0.15) is 0 Å². The highest BCUT2D eigenvalue weighted by atomic mass is 16.3. The smallest absolute Gasteiger partial charge is 0.0814 e. The van der Waals surface area contributed by atoms with Gasteiger partial charge in [-0.1, -0.05) is 135 Å². The molecule has 0 saturated heterocycles. The van der Waals surface area contributed by atoms with Crippen LogP contribution in [0.3, 0.4) is 0 Å². The van der Waals surface area contributed by atoms with Crippen LogP contribution in [0.15, 0.2) is 124 Å². The molecule has 39 heavy (non-hydrogen) atoms. The van der Waals surface area contributed by atoms with Gasteiger partial charge in [0.15, 0.2) is 0 Å². The summed E-state index contributed by atoms with van der Waals surface area (Å²) in [7, 11) is 0. The standard InChI is InChI=1S/C37H49NO/c39-38-32-20-31-37-27-15-7-2-5-11-22-33-21-10-4-1-6-12-24-34(28-17-16-23-33)35-25-13-8-3-9-14-26-36(37)30-19-18-29-35/h2,5,7,11,15-19,22-23,27-30H,1,3-4,6,8-10,12-14,20-21,24-26,31-32H2/b5-2?,7-2+,11-5+,15-7?,17-16?,19-18?,22-11?,23-16-,27-15?,28-17+,29-18-,30-19-,33-22-,33-23?,34-28?,35-29?,35-34-,36-30?,37-27?,37-36?. The molecule has 0 saturated carbocycles. The van der Waals surface area contributed by atoms with Crippen molar-refractivity contribution < 1.29 is 0 Å². The van der Waals surface area contributed by atoms with Gasteiger partial charge in [-0.25, -0.2) is 0 Å². The highest BCUT2D eigenvalue weighted by Crippen LogP contribution is 2.26. The van der Waals surface area contributed by atoms with E-state index in [0.717, 1.165) is 38.5 Å². The predicted molar refractivity (Wildman–Crippen MR) is 171 cm³/mol. The molecule has 3 aliphatic carbocycles. The van der Waals surface area contributed by atoms with Crippen LogP contribution >= 0.6 is 0 Å². The number of allylic oxidation sites excluding steroid dienone is 20. The highest BCUT2D eigenvalue weighted by Gasteiger charge is 2.06. The lowest BCUT2D eigenvalue weighted by molar-refractivity contribution is 0.606. The third kappa shape index (κ3) is 13.1. The van der Waals surface area contributed by atoms with Gasteiger partial charge in [-0.2, -0.15) is 4.91 Å². The molecule has 4 bridgehead atoms. The molecule has 0 atom stereocenters. The molecule has 0 N–H and O–H groups in total. The first-order valence-corrected chi connectivity index (χ1v) is 15.5. The second kappa shape index (κ2) is 20.0. The van der Waals surface area contributed by atoms with E-state index in [1.165, 1.54) is 92.1 Å². The molecule has 0 radical (unpaired) electrons. The van der Waals surface area contributed by atoms with Crippen molar-refractivity contribution in [3.63, 3.8) is 0 Å². The van der Waals surface area contributed by atoms with Gasteiger partial charge >= 0.3 is 0 Å². The summed E-state index contributed by atoms with van der Waals surface area (Å²) in [5.41, 5.74) is 7.11. The van der Waals surface area contributed by atoms with Crippen LogP contribution in [0, 0.1) is 4.91 Å². The van der Waals surface area contributed by atoms with Crippen LogP contribution in [-0.2, 0) is 0 Å². The Morgan fingerprint density at radius 1 is 0.487 bits per heavy atom. The molecule has 0 unspecified atom stereocenters.